The highest BCUT2D eigenvalue weighted by atomic mass is 16.4. The van der Waals surface area contributed by atoms with Crippen LogP contribution in [0, 0.1) is 5.41 Å². The van der Waals surface area contributed by atoms with Crippen LogP contribution < -0.4 is 0 Å². The number of carboxylic acids is 1. The fourth-order valence-corrected chi connectivity index (χ4v) is 3.97. The number of aryl methyl sites for hydroxylation is 1. The van der Waals surface area contributed by atoms with Gasteiger partial charge in [-0.3, -0.25) is 9.59 Å². The van der Waals surface area contributed by atoms with Crippen molar-refractivity contribution in [1.29, 1.82) is 0 Å². The Hall–Kier alpha value is -3.06. The van der Waals surface area contributed by atoms with Crippen molar-refractivity contribution in [3.05, 3.63) is 59.7 Å². The third-order valence-electron chi connectivity index (χ3n) is 5.66. The molecule has 2 atom stereocenters. The largest absolute Gasteiger partial charge is 0.507 e. The summed E-state index contributed by atoms with van der Waals surface area (Å²) in [7, 11) is 0. The van der Waals surface area contributed by atoms with Crippen molar-refractivity contribution in [2.45, 2.75) is 31.8 Å². The van der Waals surface area contributed by atoms with Crippen molar-refractivity contribution in [1.82, 2.24) is 4.90 Å². The Morgan fingerprint density at radius 2 is 1.69 bits per heavy atom. The van der Waals surface area contributed by atoms with Crippen LogP contribution >= 0.6 is 0 Å². The van der Waals surface area contributed by atoms with Crippen LogP contribution in [0.15, 0.2) is 48.5 Å². The van der Waals surface area contributed by atoms with Gasteiger partial charge in [0.1, 0.15) is 22.5 Å². The molecule has 0 saturated carbocycles. The predicted molar refractivity (Wildman–Crippen MR) is 106 cm³/mol. The van der Waals surface area contributed by atoms with Crippen molar-refractivity contribution in [3.63, 3.8) is 0 Å². The van der Waals surface area contributed by atoms with E-state index in [1.807, 2.05) is 30.3 Å². The number of amides is 1. The van der Waals surface area contributed by atoms with E-state index < -0.39 is 23.4 Å². The Kier molecular flexibility index (Phi) is 6.08. The number of hydrogen-bond acceptors (Lipinski definition) is 5. The van der Waals surface area contributed by atoms with Crippen molar-refractivity contribution < 1.29 is 30.0 Å². The van der Waals surface area contributed by atoms with Crippen LogP contribution in [0.25, 0.3) is 0 Å². The van der Waals surface area contributed by atoms with Crippen LogP contribution in [0.4, 0.5) is 0 Å². The molecule has 154 valence electrons. The van der Waals surface area contributed by atoms with Crippen molar-refractivity contribution in [2.75, 3.05) is 13.1 Å². The van der Waals surface area contributed by atoms with Gasteiger partial charge in [-0.2, -0.15) is 0 Å². The van der Waals surface area contributed by atoms with E-state index in [0.29, 0.717) is 12.8 Å². The van der Waals surface area contributed by atoms with Gasteiger partial charge >= 0.3 is 5.97 Å². The van der Waals surface area contributed by atoms with Crippen LogP contribution in [-0.2, 0) is 11.2 Å². The number of piperidine rings is 1. The minimum absolute atomic E-state index is 0.109. The van der Waals surface area contributed by atoms with Gasteiger partial charge in [0.25, 0.3) is 5.91 Å². The van der Waals surface area contributed by atoms with E-state index in [4.69, 9.17) is 0 Å². The molecule has 0 aromatic heterocycles. The molecule has 0 aliphatic carbocycles. The number of aromatic hydroxyl groups is 2. The molecule has 0 bridgehead atoms. The molecule has 4 N–H and O–H groups in total. The van der Waals surface area contributed by atoms with Gasteiger partial charge in [-0.05, 0) is 43.4 Å². The zero-order valence-electron chi connectivity index (χ0n) is 16.0. The molecule has 7 nitrogen and oxygen atoms in total. The number of carbonyl (C=O) groups excluding carboxylic acids is 1. The van der Waals surface area contributed by atoms with E-state index in [2.05, 4.69) is 0 Å². The van der Waals surface area contributed by atoms with Crippen LogP contribution in [0.5, 0.6) is 11.5 Å². The summed E-state index contributed by atoms with van der Waals surface area (Å²) >= 11 is 0. The maximum atomic E-state index is 12.9. The lowest BCUT2D eigenvalue weighted by Crippen LogP contribution is -2.57. The fraction of sp³-hybridized carbons (Fsp3) is 0.364. The zero-order chi connectivity index (χ0) is 21.0. The lowest BCUT2D eigenvalue weighted by atomic mass is 9.73. The standard InChI is InChI=1S/C22H25NO6/c24-16-9-4-10-17(25)19(16)20(27)23-13-11-18(26)22(14-23,21(28)29)12-5-8-15-6-2-1-3-7-15/h1-4,6-7,9-10,18,24-26H,5,8,11-14H2,(H,28,29)/t18-,22+/m0/s1. The molecule has 29 heavy (non-hydrogen) atoms. The van der Waals surface area contributed by atoms with Crippen LogP contribution in [0.2, 0.25) is 0 Å². The van der Waals surface area contributed by atoms with Crippen molar-refractivity contribution >= 4 is 11.9 Å². The molecule has 1 heterocycles. The van der Waals surface area contributed by atoms with E-state index in [1.54, 1.807) is 0 Å². The van der Waals surface area contributed by atoms with Gasteiger partial charge in [-0.25, -0.2) is 0 Å². The second kappa shape index (κ2) is 8.53. The first kappa shape index (κ1) is 20.7. The molecule has 1 aliphatic heterocycles. The summed E-state index contributed by atoms with van der Waals surface area (Å²) in [6.45, 7) is -0.0492. The van der Waals surface area contributed by atoms with E-state index >= 15 is 0 Å². The average molecular weight is 399 g/mol. The summed E-state index contributed by atoms with van der Waals surface area (Å²) in [5.74, 6) is -2.55. The topological polar surface area (TPSA) is 118 Å². The number of carboxylic acid groups (broad SMARTS) is 1. The minimum atomic E-state index is -1.50. The molecular weight excluding hydrogens is 374 g/mol. The van der Waals surface area contributed by atoms with E-state index in [9.17, 15) is 30.0 Å². The molecule has 2 aromatic rings. The summed E-state index contributed by atoms with van der Waals surface area (Å²) in [6.07, 6.45) is 0.429. The third-order valence-corrected chi connectivity index (χ3v) is 5.66. The summed E-state index contributed by atoms with van der Waals surface area (Å²) in [5.41, 5.74) is -0.680. The summed E-state index contributed by atoms with van der Waals surface area (Å²) < 4.78 is 0. The van der Waals surface area contributed by atoms with Crippen molar-refractivity contribution in [3.8, 4) is 11.5 Å². The third kappa shape index (κ3) is 4.19. The number of rotatable bonds is 6. The van der Waals surface area contributed by atoms with Crippen LogP contribution in [0.1, 0.15) is 35.2 Å². The first-order valence-electron chi connectivity index (χ1n) is 9.61. The molecule has 1 aliphatic rings. The highest BCUT2D eigenvalue weighted by molar-refractivity contribution is 5.99. The van der Waals surface area contributed by atoms with E-state index in [1.165, 1.54) is 23.1 Å². The Morgan fingerprint density at radius 3 is 2.31 bits per heavy atom. The number of nitrogens with zero attached hydrogens (tertiary/aromatic N) is 1. The van der Waals surface area contributed by atoms with Gasteiger partial charge < -0.3 is 25.3 Å². The first-order chi connectivity index (χ1) is 13.8. The smallest absolute Gasteiger partial charge is 0.314 e. The Labute approximate surface area is 168 Å². The Morgan fingerprint density at radius 1 is 1.03 bits per heavy atom. The number of aliphatic carboxylic acids is 1. The minimum Gasteiger partial charge on any atom is -0.507 e. The zero-order valence-corrected chi connectivity index (χ0v) is 16.0. The Bertz CT molecular complexity index is 864. The number of carbonyl (C=O) groups is 2. The predicted octanol–water partition coefficient (Wildman–Crippen LogP) is 2.40. The second-order valence-corrected chi connectivity index (χ2v) is 7.50. The average Bonchev–Trinajstić information content (AvgIpc) is 2.70. The van der Waals surface area contributed by atoms with E-state index in [-0.39, 0.29) is 43.0 Å². The van der Waals surface area contributed by atoms with Gasteiger partial charge in [0.2, 0.25) is 0 Å². The highest BCUT2D eigenvalue weighted by Crippen LogP contribution is 2.38. The SMILES string of the molecule is O=C(c1c(O)cccc1O)N1CC[C@H](O)[C@](CCCc2ccccc2)(C(=O)O)C1. The molecule has 2 aromatic carbocycles. The van der Waals surface area contributed by atoms with Crippen LogP contribution in [-0.4, -0.2) is 56.4 Å². The lowest BCUT2D eigenvalue weighted by molar-refractivity contribution is -0.162. The van der Waals surface area contributed by atoms with Gasteiger partial charge in [0, 0.05) is 13.1 Å². The van der Waals surface area contributed by atoms with Gasteiger partial charge in [-0.15, -0.1) is 0 Å². The number of phenols is 2. The first-order valence-corrected chi connectivity index (χ1v) is 9.61. The molecule has 1 fully saturated rings. The van der Waals surface area contributed by atoms with Crippen LogP contribution in [0.3, 0.4) is 0 Å². The van der Waals surface area contributed by atoms with Gasteiger partial charge in [0.05, 0.1) is 6.10 Å². The molecule has 0 unspecified atom stereocenters. The number of hydrogen-bond donors (Lipinski definition) is 4. The van der Waals surface area contributed by atoms with Crippen molar-refractivity contribution in [2.24, 2.45) is 5.41 Å². The fourth-order valence-electron chi connectivity index (χ4n) is 3.97. The van der Waals surface area contributed by atoms with Gasteiger partial charge in [-0.1, -0.05) is 36.4 Å². The monoisotopic (exact) mass is 399 g/mol. The molecule has 1 saturated heterocycles. The number of aliphatic hydroxyl groups is 1. The molecular formula is C22H25NO6. The molecule has 7 heteroatoms. The molecule has 3 rings (SSSR count). The summed E-state index contributed by atoms with van der Waals surface area (Å²) in [4.78, 5) is 26.3. The molecule has 0 spiro atoms. The maximum absolute atomic E-state index is 12.9. The molecule has 1 amide bonds. The highest BCUT2D eigenvalue weighted by Gasteiger charge is 2.50. The number of likely N-dealkylation sites (tertiary alicyclic amines) is 1. The Balaban J connectivity index is 1.79. The van der Waals surface area contributed by atoms with E-state index in [0.717, 1.165) is 5.56 Å². The second-order valence-electron chi connectivity index (χ2n) is 7.50. The summed E-state index contributed by atoms with van der Waals surface area (Å²) in [6, 6.07) is 13.6. The number of benzene rings is 2. The molecule has 0 radical (unpaired) electrons. The number of aliphatic hydroxyl groups excluding tert-OH is 1. The maximum Gasteiger partial charge on any atom is 0.314 e. The number of phenolic OH excluding ortho intramolecular Hbond substituents is 2. The van der Waals surface area contributed by atoms with Gasteiger partial charge in [0.15, 0.2) is 0 Å². The lowest BCUT2D eigenvalue weighted by Gasteiger charge is -2.43. The quantitative estimate of drug-likeness (QED) is 0.592. The summed E-state index contributed by atoms with van der Waals surface area (Å²) in [5, 5.41) is 40.4. The normalized spacial score (nSPS) is 21.7.